The Labute approximate surface area is 83.3 Å². The molecular weight excluding hydrogens is 239 g/mol. The van der Waals surface area contributed by atoms with Gasteiger partial charge in [-0.25, -0.2) is 4.68 Å². The molecule has 0 spiro atoms. The number of nitrogens with zero attached hydrogens (tertiary/aromatic N) is 2. The monoisotopic (exact) mass is 244 g/mol. The Morgan fingerprint density at radius 1 is 1.50 bits per heavy atom. The lowest BCUT2D eigenvalue weighted by Gasteiger charge is -1.96. The Balaban J connectivity index is 2.75. The van der Waals surface area contributed by atoms with E-state index < -0.39 is 0 Å². The first kappa shape index (κ1) is 8.08. The fraction of sp³-hybridized carbons (Fsp3) is 0.125. The average Bonchev–Trinajstić information content (AvgIpc) is 2.46. The molecule has 4 heteroatoms. The van der Waals surface area contributed by atoms with Crippen molar-refractivity contribution in [3.05, 3.63) is 28.9 Å². The molecule has 1 heterocycles. The van der Waals surface area contributed by atoms with Crippen molar-refractivity contribution in [3.8, 4) is 0 Å². The van der Waals surface area contributed by atoms with Crippen molar-refractivity contribution in [2.45, 2.75) is 6.00 Å². The van der Waals surface area contributed by atoms with Crippen LogP contribution in [0.25, 0.3) is 10.9 Å². The second kappa shape index (κ2) is 3.07. The molecule has 0 aliphatic heterocycles. The van der Waals surface area contributed by atoms with Gasteiger partial charge in [0.2, 0.25) is 0 Å². The van der Waals surface area contributed by atoms with Crippen molar-refractivity contribution in [2.24, 2.45) is 0 Å². The van der Waals surface area contributed by atoms with E-state index in [9.17, 15) is 0 Å². The molecule has 0 fully saturated rings. The second-order valence-electron chi connectivity index (χ2n) is 2.47. The minimum Gasteiger partial charge on any atom is -0.250 e. The molecule has 1 aromatic carbocycles. The summed E-state index contributed by atoms with van der Waals surface area (Å²) >= 11 is 9.08. The quantitative estimate of drug-likeness (QED) is 0.706. The highest BCUT2D eigenvalue weighted by Crippen LogP contribution is 2.19. The van der Waals surface area contributed by atoms with E-state index in [4.69, 9.17) is 11.6 Å². The minimum absolute atomic E-state index is 0.389. The predicted octanol–water partition coefficient (Wildman–Crippen LogP) is 3.00. The molecule has 0 radical (unpaired) electrons. The third kappa shape index (κ3) is 1.23. The molecular formula is C8H6BrClN2. The second-order valence-corrected chi connectivity index (χ2v) is 3.62. The van der Waals surface area contributed by atoms with Gasteiger partial charge in [-0.15, -0.1) is 11.6 Å². The summed E-state index contributed by atoms with van der Waals surface area (Å²) in [7, 11) is 0. The Morgan fingerprint density at radius 3 is 3.08 bits per heavy atom. The molecule has 0 amide bonds. The van der Waals surface area contributed by atoms with Crippen LogP contribution in [0.2, 0.25) is 0 Å². The fourth-order valence-electron chi connectivity index (χ4n) is 1.14. The summed E-state index contributed by atoms with van der Waals surface area (Å²) in [6, 6.07) is 6.39. The Morgan fingerprint density at radius 2 is 2.33 bits per heavy atom. The Hall–Kier alpha value is -0.540. The number of rotatable bonds is 1. The van der Waals surface area contributed by atoms with Crippen LogP contribution in [-0.2, 0) is 6.00 Å². The van der Waals surface area contributed by atoms with Crippen LogP contribution in [0.1, 0.15) is 0 Å². The molecule has 2 rings (SSSR count). The van der Waals surface area contributed by atoms with Crippen LogP contribution in [0.3, 0.4) is 0 Å². The smallest absolute Gasteiger partial charge is 0.116 e. The summed E-state index contributed by atoms with van der Waals surface area (Å²) in [5.41, 5.74) is 1.05. The van der Waals surface area contributed by atoms with E-state index in [2.05, 4.69) is 21.0 Å². The highest BCUT2D eigenvalue weighted by molar-refractivity contribution is 9.10. The van der Waals surface area contributed by atoms with E-state index in [1.165, 1.54) is 0 Å². The maximum Gasteiger partial charge on any atom is 0.116 e. The van der Waals surface area contributed by atoms with Gasteiger partial charge in [-0.3, -0.25) is 0 Å². The van der Waals surface area contributed by atoms with Gasteiger partial charge in [-0.1, -0.05) is 22.0 Å². The number of halogens is 2. The molecule has 62 valence electrons. The average molecular weight is 246 g/mol. The summed E-state index contributed by atoms with van der Waals surface area (Å²) < 4.78 is 2.80. The van der Waals surface area contributed by atoms with Crippen molar-refractivity contribution in [2.75, 3.05) is 0 Å². The zero-order valence-corrected chi connectivity index (χ0v) is 8.51. The minimum atomic E-state index is 0.389. The molecule has 0 aliphatic carbocycles. The third-order valence-corrected chi connectivity index (χ3v) is 2.44. The molecule has 0 aliphatic rings. The number of hydrogen-bond acceptors (Lipinski definition) is 1. The Kier molecular flexibility index (Phi) is 2.07. The highest BCUT2D eigenvalue weighted by Gasteiger charge is 2.00. The summed E-state index contributed by atoms with van der Waals surface area (Å²) in [6.45, 7) is 0. The van der Waals surface area contributed by atoms with Crippen molar-refractivity contribution < 1.29 is 0 Å². The Bertz CT molecular complexity index is 410. The summed E-state index contributed by atoms with van der Waals surface area (Å²) in [6.07, 6.45) is 1.81. The van der Waals surface area contributed by atoms with Crippen molar-refractivity contribution >= 4 is 38.4 Å². The van der Waals surface area contributed by atoms with Gasteiger partial charge in [-0.05, 0) is 12.1 Å². The molecule has 0 N–H and O–H groups in total. The maximum atomic E-state index is 5.68. The number of hydrogen-bond donors (Lipinski definition) is 0. The van der Waals surface area contributed by atoms with Gasteiger partial charge < -0.3 is 0 Å². The van der Waals surface area contributed by atoms with Gasteiger partial charge in [-0.2, -0.15) is 5.10 Å². The van der Waals surface area contributed by atoms with Crippen LogP contribution >= 0.6 is 27.5 Å². The van der Waals surface area contributed by atoms with Gasteiger partial charge >= 0.3 is 0 Å². The number of alkyl halides is 1. The molecule has 0 saturated heterocycles. The highest BCUT2D eigenvalue weighted by atomic mass is 79.9. The van der Waals surface area contributed by atoms with Gasteiger partial charge in [0.05, 0.1) is 11.7 Å². The lowest BCUT2D eigenvalue weighted by molar-refractivity contribution is 0.772. The first-order valence-corrected chi connectivity index (χ1v) is 4.81. The lowest BCUT2D eigenvalue weighted by atomic mass is 10.3. The van der Waals surface area contributed by atoms with Gasteiger partial charge in [0.25, 0.3) is 0 Å². The van der Waals surface area contributed by atoms with E-state index in [-0.39, 0.29) is 0 Å². The SMILES string of the molecule is ClCn1ncc2ccc(Br)cc21. The van der Waals surface area contributed by atoms with Crippen molar-refractivity contribution in [1.82, 2.24) is 9.78 Å². The van der Waals surface area contributed by atoms with Crippen LogP contribution in [0, 0.1) is 0 Å². The maximum absolute atomic E-state index is 5.68. The fourth-order valence-corrected chi connectivity index (χ4v) is 1.68. The summed E-state index contributed by atoms with van der Waals surface area (Å²) in [5, 5.41) is 5.23. The van der Waals surface area contributed by atoms with Crippen LogP contribution in [0.15, 0.2) is 28.9 Å². The van der Waals surface area contributed by atoms with Gasteiger partial charge in [0.1, 0.15) is 6.00 Å². The first-order chi connectivity index (χ1) is 5.81. The molecule has 0 saturated carbocycles. The zero-order valence-electron chi connectivity index (χ0n) is 6.17. The molecule has 1 aromatic heterocycles. The standard InChI is InChI=1S/C8H6BrClN2/c9-7-2-1-6-4-11-12(5-10)8(6)3-7/h1-4H,5H2. The van der Waals surface area contributed by atoms with E-state index in [1.54, 1.807) is 4.68 Å². The zero-order chi connectivity index (χ0) is 8.55. The van der Waals surface area contributed by atoms with E-state index in [0.29, 0.717) is 6.00 Å². The van der Waals surface area contributed by atoms with E-state index >= 15 is 0 Å². The van der Waals surface area contributed by atoms with Gasteiger partial charge in [0, 0.05) is 9.86 Å². The van der Waals surface area contributed by atoms with Crippen molar-refractivity contribution in [3.63, 3.8) is 0 Å². The van der Waals surface area contributed by atoms with Crippen LogP contribution < -0.4 is 0 Å². The number of fused-ring (bicyclic) bond motifs is 1. The first-order valence-electron chi connectivity index (χ1n) is 3.48. The molecule has 2 aromatic rings. The molecule has 12 heavy (non-hydrogen) atoms. The lowest BCUT2D eigenvalue weighted by Crippen LogP contribution is -1.92. The summed E-state index contributed by atoms with van der Waals surface area (Å²) in [5.74, 6) is 0. The molecule has 2 nitrogen and oxygen atoms in total. The van der Waals surface area contributed by atoms with Crippen LogP contribution in [-0.4, -0.2) is 9.78 Å². The normalized spacial score (nSPS) is 10.8. The van der Waals surface area contributed by atoms with Crippen LogP contribution in [0.5, 0.6) is 0 Å². The number of benzene rings is 1. The third-order valence-electron chi connectivity index (χ3n) is 1.72. The molecule has 0 bridgehead atoms. The van der Waals surface area contributed by atoms with Crippen LogP contribution in [0.4, 0.5) is 0 Å². The topological polar surface area (TPSA) is 17.8 Å². The summed E-state index contributed by atoms with van der Waals surface area (Å²) in [4.78, 5) is 0. The molecule has 0 unspecified atom stereocenters. The van der Waals surface area contributed by atoms with E-state index in [1.807, 2.05) is 24.4 Å². The largest absolute Gasteiger partial charge is 0.250 e. The van der Waals surface area contributed by atoms with Gasteiger partial charge in [0.15, 0.2) is 0 Å². The number of aromatic nitrogens is 2. The molecule has 0 atom stereocenters. The van der Waals surface area contributed by atoms with E-state index in [0.717, 1.165) is 15.4 Å². The van der Waals surface area contributed by atoms with Crippen molar-refractivity contribution in [1.29, 1.82) is 0 Å². The predicted molar refractivity (Wildman–Crippen MR) is 53.3 cm³/mol.